The topological polar surface area (TPSA) is 35.5 Å². The van der Waals surface area contributed by atoms with E-state index in [9.17, 15) is 5.11 Å². The first kappa shape index (κ1) is 14.4. The van der Waals surface area contributed by atoms with E-state index >= 15 is 0 Å². The summed E-state index contributed by atoms with van der Waals surface area (Å²) in [5, 5.41) is 13.5. The third-order valence-electron chi connectivity index (χ3n) is 3.88. The third-order valence-corrected chi connectivity index (χ3v) is 3.88. The summed E-state index contributed by atoms with van der Waals surface area (Å²) in [6.45, 7) is 7.07. The van der Waals surface area contributed by atoms with Gasteiger partial charge < -0.3 is 15.3 Å². The number of aliphatic hydroxyl groups is 1. The van der Waals surface area contributed by atoms with Crippen LogP contribution in [0.2, 0.25) is 0 Å². The molecule has 1 aliphatic heterocycles. The highest BCUT2D eigenvalue weighted by molar-refractivity contribution is 5.57. The standard InChI is InChI=1S/C16H26N2O/c1-3-10-17-15-9-11-18(12-13(19)4-2)16-8-6-5-7-14(15)16/h5-8,13,15,17,19H,3-4,9-12H2,1-2H3. The molecule has 0 spiro atoms. The molecule has 0 bridgehead atoms. The van der Waals surface area contributed by atoms with E-state index in [2.05, 4.69) is 41.4 Å². The lowest BCUT2D eigenvalue weighted by Crippen LogP contribution is -2.40. The number of β-amino-alcohol motifs (C(OH)–C–C–N with tert-alkyl or cyclic N) is 1. The van der Waals surface area contributed by atoms with Crippen LogP contribution < -0.4 is 10.2 Å². The zero-order valence-corrected chi connectivity index (χ0v) is 12.1. The van der Waals surface area contributed by atoms with Crippen molar-refractivity contribution in [3.63, 3.8) is 0 Å². The van der Waals surface area contributed by atoms with Crippen LogP contribution in [0.4, 0.5) is 5.69 Å². The maximum Gasteiger partial charge on any atom is 0.0712 e. The number of hydrogen-bond donors (Lipinski definition) is 2. The predicted molar refractivity (Wildman–Crippen MR) is 80.6 cm³/mol. The zero-order valence-electron chi connectivity index (χ0n) is 12.1. The predicted octanol–water partition coefficient (Wildman–Crippen LogP) is 2.71. The van der Waals surface area contributed by atoms with Gasteiger partial charge in [-0.2, -0.15) is 0 Å². The molecule has 0 radical (unpaired) electrons. The van der Waals surface area contributed by atoms with Crippen LogP contribution in [0.15, 0.2) is 24.3 Å². The van der Waals surface area contributed by atoms with Crippen molar-refractivity contribution in [2.24, 2.45) is 0 Å². The SMILES string of the molecule is CCCNC1CCN(CC(O)CC)c2ccccc21. The highest BCUT2D eigenvalue weighted by Gasteiger charge is 2.24. The van der Waals surface area contributed by atoms with Crippen LogP contribution in [0.1, 0.15) is 44.7 Å². The molecule has 106 valence electrons. The second-order valence-electron chi connectivity index (χ2n) is 5.36. The molecule has 0 fully saturated rings. The smallest absolute Gasteiger partial charge is 0.0712 e. The minimum atomic E-state index is -0.229. The number of para-hydroxylation sites is 1. The zero-order chi connectivity index (χ0) is 13.7. The Labute approximate surface area is 116 Å². The van der Waals surface area contributed by atoms with Crippen LogP contribution in [0.3, 0.4) is 0 Å². The summed E-state index contributed by atoms with van der Waals surface area (Å²) >= 11 is 0. The number of anilines is 1. The van der Waals surface area contributed by atoms with Gasteiger partial charge in [0.15, 0.2) is 0 Å². The van der Waals surface area contributed by atoms with Gasteiger partial charge in [0, 0.05) is 24.8 Å². The van der Waals surface area contributed by atoms with Crippen molar-refractivity contribution in [3.8, 4) is 0 Å². The van der Waals surface area contributed by atoms with E-state index in [1.807, 2.05) is 6.92 Å². The van der Waals surface area contributed by atoms with Crippen molar-refractivity contribution in [1.82, 2.24) is 5.32 Å². The molecule has 0 aliphatic carbocycles. The van der Waals surface area contributed by atoms with Gasteiger partial charge >= 0.3 is 0 Å². The Bertz CT molecular complexity index is 394. The average molecular weight is 262 g/mol. The van der Waals surface area contributed by atoms with Crippen molar-refractivity contribution in [1.29, 1.82) is 0 Å². The van der Waals surface area contributed by atoms with Crippen LogP contribution in [0, 0.1) is 0 Å². The van der Waals surface area contributed by atoms with Gasteiger partial charge in [-0.1, -0.05) is 32.0 Å². The van der Waals surface area contributed by atoms with E-state index < -0.39 is 0 Å². The van der Waals surface area contributed by atoms with Crippen molar-refractivity contribution in [2.45, 2.75) is 45.3 Å². The van der Waals surface area contributed by atoms with Gasteiger partial charge in [0.05, 0.1) is 6.10 Å². The largest absolute Gasteiger partial charge is 0.391 e. The van der Waals surface area contributed by atoms with Crippen LogP contribution >= 0.6 is 0 Å². The molecule has 2 unspecified atom stereocenters. The van der Waals surface area contributed by atoms with Gasteiger partial charge in [-0.25, -0.2) is 0 Å². The third kappa shape index (κ3) is 3.48. The summed E-state index contributed by atoms with van der Waals surface area (Å²) < 4.78 is 0. The van der Waals surface area contributed by atoms with Gasteiger partial charge in [0.2, 0.25) is 0 Å². The second-order valence-corrected chi connectivity index (χ2v) is 5.36. The number of rotatable bonds is 6. The van der Waals surface area contributed by atoms with Crippen molar-refractivity contribution >= 4 is 5.69 Å². The Morgan fingerprint density at radius 2 is 2.16 bits per heavy atom. The van der Waals surface area contributed by atoms with Crippen LogP contribution in [-0.4, -0.2) is 30.8 Å². The van der Waals surface area contributed by atoms with E-state index in [4.69, 9.17) is 0 Å². The minimum Gasteiger partial charge on any atom is -0.391 e. The summed E-state index contributed by atoms with van der Waals surface area (Å²) in [5.41, 5.74) is 2.67. The molecule has 1 aromatic carbocycles. The lowest BCUT2D eigenvalue weighted by Gasteiger charge is -2.37. The highest BCUT2D eigenvalue weighted by atomic mass is 16.3. The molecule has 1 aromatic rings. The van der Waals surface area contributed by atoms with Gasteiger partial charge in [-0.05, 0) is 37.4 Å². The first-order valence-corrected chi connectivity index (χ1v) is 7.51. The first-order valence-electron chi connectivity index (χ1n) is 7.51. The molecule has 1 aliphatic rings. The van der Waals surface area contributed by atoms with Gasteiger partial charge in [0.1, 0.15) is 0 Å². The fraction of sp³-hybridized carbons (Fsp3) is 0.625. The van der Waals surface area contributed by atoms with Crippen LogP contribution in [0.5, 0.6) is 0 Å². The number of nitrogens with zero attached hydrogens (tertiary/aromatic N) is 1. The molecular formula is C16H26N2O. The Morgan fingerprint density at radius 1 is 1.37 bits per heavy atom. The normalized spacial score (nSPS) is 20.2. The van der Waals surface area contributed by atoms with Gasteiger partial charge in [-0.15, -0.1) is 0 Å². The summed E-state index contributed by atoms with van der Waals surface area (Å²) in [6, 6.07) is 9.06. The molecular weight excluding hydrogens is 236 g/mol. The fourth-order valence-corrected chi connectivity index (χ4v) is 2.73. The molecule has 3 heteroatoms. The molecule has 0 amide bonds. The number of benzene rings is 1. The monoisotopic (exact) mass is 262 g/mol. The molecule has 1 heterocycles. The lowest BCUT2D eigenvalue weighted by molar-refractivity contribution is 0.174. The molecule has 0 saturated carbocycles. The maximum absolute atomic E-state index is 9.89. The molecule has 0 saturated heterocycles. The summed E-state index contributed by atoms with van der Waals surface area (Å²) in [5.74, 6) is 0. The van der Waals surface area contributed by atoms with Crippen molar-refractivity contribution < 1.29 is 5.11 Å². The summed E-state index contributed by atoms with van der Waals surface area (Å²) in [7, 11) is 0. The van der Waals surface area contributed by atoms with E-state index in [0.717, 1.165) is 38.9 Å². The Morgan fingerprint density at radius 3 is 2.89 bits per heavy atom. The average Bonchev–Trinajstić information content (AvgIpc) is 2.46. The number of hydrogen-bond acceptors (Lipinski definition) is 3. The van der Waals surface area contributed by atoms with Gasteiger partial charge in [0.25, 0.3) is 0 Å². The van der Waals surface area contributed by atoms with Crippen molar-refractivity contribution in [3.05, 3.63) is 29.8 Å². The number of nitrogens with one attached hydrogen (secondary N) is 1. The first-order chi connectivity index (χ1) is 9.26. The fourth-order valence-electron chi connectivity index (χ4n) is 2.73. The Hall–Kier alpha value is -1.06. The Balaban J connectivity index is 2.14. The molecule has 3 nitrogen and oxygen atoms in total. The van der Waals surface area contributed by atoms with Gasteiger partial charge in [-0.3, -0.25) is 0 Å². The summed E-state index contributed by atoms with van der Waals surface area (Å²) in [4.78, 5) is 2.33. The maximum atomic E-state index is 9.89. The molecule has 2 atom stereocenters. The van der Waals surface area contributed by atoms with Crippen LogP contribution in [0.25, 0.3) is 0 Å². The quantitative estimate of drug-likeness (QED) is 0.827. The van der Waals surface area contributed by atoms with Crippen LogP contribution in [-0.2, 0) is 0 Å². The molecule has 2 rings (SSSR count). The number of aliphatic hydroxyl groups excluding tert-OH is 1. The van der Waals surface area contributed by atoms with E-state index in [1.54, 1.807) is 0 Å². The minimum absolute atomic E-state index is 0.229. The van der Waals surface area contributed by atoms with Crippen molar-refractivity contribution in [2.75, 3.05) is 24.5 Å². The molecule has 2 N–H and O–H groups in total. The number of fused-ring (bicyclic) bond motifs is 1. The van der Waals surface area contributed by atoms with E-state index in [-0.39, 0.29) is 6.10 Å². The Kier molecular flexibility index (Phi) is 5.23. The van der Waals surface area contributed by atoms with E-state index in [0.29, 0.717) is 6.04 Å². The second kappa shape index (κ2) is 6.92. The lowest BCUT2D eigenvalue weighted by atomic mass is 9.96. The summed E-state index contributed by atoms with van der Waals surface area (Å²) in [6.07, 6.45) is 2.87. The molecule has 19 heavy (non-hydrogen) atoms. The van der Waals surface area contributed by atoms with E-state index in [1.165, 1.54) is 11.3 Å². The highest BCUT2D eigenvalue weighted by Crippen LogP contribution is 2.33. The molecule has 0 aromatic heterocycles.